The van der Waals surface area contributed by atoms with Crippen molar-refractivity contribution in [3.8, 4) is 5.75 Å². The Morgan fingerprint density at radius 3 is 2.72 bits per heavy atom. The molecule has 4 rings (SSSR count). The summed E-state index contributed by atoms with van der Waals surface area (Å²) in [5.74, 6) is -0.694. The van der Waals surface area contributed by atoms with E-state index in [1.807, 2.05) is 6.07 Å². The van der Waals surface area contributed by atoms with E-state index < -0.39 is 27.6 Å². The van der Waals surface area contributed by atoms with Crippen molar-refractivity contribution in [2.75, 3.05) is 23.0 Å². The van der Waals surface area contributed by atoms with Crippen LogP contribution in [0.2, 0.25) is 5.02 Å². The summed E-state index contributed by atoms with van der Waals surface area (Å²) in [6.07, 6.45) is 0. The van der Waals surface area contributed by atoms with Crippen LogP contribution >= 0.6 is 23.4 Å². The van der Waals surface area contributed by atoms with Crippen molar-refractivity contribution in [3.63, 3.8) is 0 Å². The number of amides is 1. The molecular weight excluding hydrogens is 439 g/mol. The van der Waals surface area contributed by atoms with Gasteiger partial charge in [-0.2, -0.15) is 4.99 Å². The van der Waals surface area contributed by atoms with E-state index in [0.717, 1.165) is 0 Å². The molecule has 2 saturated heterocycles. The van der Waals surface area contributed by atoms with Crippen LogP contribution in [0, 0.1) is 5.82 Å². The van der Waals surface area contributed by atoms with E-state index in [2.05, 4.69) is 4.99 Å². The van der Waals surface area contributed by atoms with Gasteiger partial charge in [-0.25, -0.2) is 12.8 Å². The number of hydrogen-bond donors (Lipinski definition) is 0. The van der Waals surface area contributed by atoms with E-state index in [4.69, 9.17) is 16.3 Å². The zero-order chi connectivity index (χ0) is 20.6. The second-order valence-electron chi connectivity index (χ2n) is 6.66. The van der Waals surface area contributed by atoms with Gasteiger partial charge in [0.05, 0.1) is 22.6 Å². The standard InChI is InChI=1S/C19H16ClFN2O4S2/c20-14-7-6-12(8-15(14)21)23-16-10-29(25,26)11-17(16)28-19(23)22-18(24)9-27-13-4-2-1-3-5-13/h1-8,16-17H,9-11H2/t16-,17-/m1/s1. The summed E-state index contributed by atoms with van der Waals surface area (Å²) in [6, 6.07) is 12.6. The van der Waals surface area contributed by atoms with E-state index in [1.165, 1.54) is 23.9 Å². The van der Waals surface area contributed by atoms with Crippen molar-refractivity contribution in [1.82, 2.24) is 0 Å². The lowest BCUT2D eigenvalue weighted by Crippen LogP contribution is -2.38. The van der Waals surface area contributed by atoms with Crippen molar-refractivity contribution < 1.29 is 22.3 Å². The lowest BCUT2D eigenvalue weighted by atomic mass is 10.2. The van der Waals surface area contributed by atoms with Crippen LogP contribution in [0.5, 0.6) is 5.75 Å². The Kier molecular flexibility index (Phi) is 5.54. The number of hydrogen-bond acceptors (Lipinski definition) is 5. The average Bonchev–Trinajstić information content (AvgIpc) is 3.14. The number of ether oxygens (including phenoxy) is 1. The smallest absolute Gasteiger partial charge is 0.285 e. The molecule has 0 aromatic heterocycles. The number of benzene rings is 2. The molecule has 0 radical (unpaired) electrons. The van der Waals surface area contributed by atoms with E-state index in [0.29, 0.717) is 16.6 Å². The van der Waals surface area contributed by atoms with E-state index in [1.54, 1.807) is 35.2 Å². The first-order valence-corrected chi connectivity index (χ1v) is 11.8. The minimum atomic E-state index is -3.21. The Morgan fingerprint density at radius 2 is 2.00 bits per heavy atom. The van der Waals surface area contributed by atoms with Gasteiger partial charge in [0.25, 0.3) is 5.91 Å². The van der Waals surface area contributed by atoms with Crippen LogP contribution in [-0.4, -0.2) is 48.9 Å². The molecule has 10 heteroatoms. The van der Waals surface area contributed by atoms with Gasteiger partial charge >= 0.3 is 0 Å². The van der Waals surface area contributed by atoms with Gasteiger partial charge in [0, 0.05) is 10.9 Å². The molecule has 6 nitrogen and oxygen atoms in total. The van der Waals surface area contributed by atoms with E-state index >= 15 is 0 Å². The van der Waals surface area contributed by atoms with Crippen molar-refractivity contribution in [1.29, 1.82) is 0 Å². The molecule has 2 fully saturated rings. The zero-order valence-electron chi connectivity index (χ0n) is 15.0. The van der Waals surface area contributed by atoms with Crippen LogP contribution in [0.1, 0.15) is 0 Å². The summed E-state index contributed by atoms with van der Waals surface area (Å²) in [6.45, 7) is -0.259. The molecule has 2 aliphatic rings. The summed E-state index contributed by atoms with van der Waals surface area (Å²) >= 11 is 6.98. The number of fused-ring (bicyclic) bond motifs is 1. The third-order valence-corrected chi connectivity index (χ3v) is 8.09. The molecular formula is C19H16ClFN2O4S2. The van der Waals surface area contributed by atoms with Gasteiger partial charge < -0.3 is 9.64 Å². The molecule has 1 amide bonds. The highest BCUT2D eigenvalue weighted by molar-refractivity contribution is 8.16. The third kappa shape index (κ3) is 4.41. The number of aliphatic imine (C=N–C) groups is 1. The Labute approximate surface area is 176 Å². The van der Waals surface area contributed by atoms with Crippen molar-refractivity contribution in [2.24, 2.45) is 4.99 Å². The largest absolute Gasteiger partial charge is 0.484 e. The van der Waals surface area contributed by atoms with Crippen LogP contribution < -0.4 is 9.64 Å². The molecule has 0 N–H and O–H groups in total. The average molecular weight is 455 g/mol. The van der Waals surface area contributed by atoms with Crippen LogP contribution in [0.4, 0.5) is 10.1 Å². The van der Waals surface area contributed by atoms with Crippen LogP contribution in [0.25, 0.3) is 0 Å². The molecule has 152 valence electrons. The molecule has 0 spiro atoms. The molecule has 2 aliphatic heterocycles. The summed E-state index contributed by atoms with van der Waals surface area (Å²) in [7, 11) is -3.21. The fraction of sp³-hybridized carbons (Fsp3) is 0.263. The fourth-order valence-electron chi connectivity index (χ4n) is 3.30. The van der Waals surface area contributed by atoms with Crippen molar-refractivity contribution in [3.05, 3.63) is 59.4 Å². The van der Waals surface area contributed by atoms with Gasteiger partial charge in [0.2, 0.25) is 0 Å². The number of amidine groups is 1. The SMILES string of the molecule is O=C(COc1ccccc1)N=C1S[C@@H]2CS(=O)(=O)C[C@H]2N1c1ccc(Cl)c(F)c1. The fourth-order valence-corrected chi connectivity index (χ4v) is 7.35. The van der Waals surface area contributed by atoms with E-state index in [-0.39, 0.29) is 28.4 Å². The van der Waals surface area contributed by atoms with Crippen LogP contribution in [0.15, 0.2) is 53.5 Å². The zero-order valence-corrected chi connectivity index (χ0v) is 17.4. The lowest BCUT2D eigenvalue weighted by molar-refractivity contribution is -0.119. The monoisotopic (exact) mass is 454 g/mol. The number of para-hydroxylation sites is 1. The number of halogens is 2. The molecule has 2 heterocycles. The molecule has 29 heavy (non-hydrogen) atoms. The topological polar surface area (TPSA) is 76.0 Å². The maximum absolute atomic E-state index is 14.0. The first-order chi connectivity index (χ1) is 13.8. The number of rotatable bonds is 4. The van der Waals surface area contributed by atoms with E-state index in [9.17, 15) is 17.6 Å². The summed E-state index contributed by atoms with van der Waals surface area (Å²) in [5.41, 5.74) is 0.402. The quantitative estimate of drug-likeness (QED) is 0.706. The minimum Gasteiger partial charge on any atom is -0.484 e. The molecule has 2 aromatic carbocycles. The Balaban J connectivity index is 1.59. The van der Waals surface area contributed by atoms with Crippen molar-refractivity contribution in [2.45, 2.75) is 11.3 Å². The first kappa shape index (κ1) is 20.2. The number of anilines is 1. The molecule has 0 aliphatic carbocycles. The third-order valence-electron chi connectivity index (χ3n) is 4.57. The first-order valence-electron chi connectivity index (χ1n) is 8.73. The van der Waals surface area contributed by atoms with Gasteiger partial charge in [-0.15, -0.1) is 0 Å². The van der Waals surface area contributed by atoms with Crippen LogP contribution in [0.3, 0.4) is 0 Å². The Hall–Kier alpha value is -2.10. The molecule has 0 saturated carbocycles. The van der Waals surface area contributed by atoms with Crippen LogP contribution in [-0.2, 0) is 14.6 Å². The Bertz CT molecular complexity index is 1080. The second-order valence-corrected chi connectivity index (χ2v) is 10.4. The number of nitrogens with zero attached hydrogens (tertiary/aromatic N) is 2. The van der Waals surface area contributed by atoms with Gasteiger partial charge in [0.1, 0.15) is 11.6 Å². The Morgan fingerprint density at radius 1 is 1.24 bits per heavy atom. The second kappa shape index (κ2) is 7.97. The number of carbonyl (C=O) groups excluding carboxylic acids is 1. The minimum absolute atomic E-state index is 0.0113. The van der Waals surface area contributed by atoms with Gasteiger partial charge in [-0.3, -0.25) is 4.79 Å². The van der Waals surface area contributed by atoms with Crippen molar-refractivity contribution >= 4 is 50.0 Å². The molecule has 0 bridgehead atoms. The molecule has 0 unspecified atom stereocenters. The lowest BCUT2D eigenvalue weighted by Gasteiger charge is -2.24. The molecule has 2 atom stereocenters. The highest BCUT2D eigenvalue weighted by Gasteiger charge is 2.49. The summed E-state index contributed by atoms with van der Waals surface area (Å²) < 4.78 is 43.6. The predicted octanol–water partition coefficient (Wildman–Crippen LogP) is 3.16. The highest BCUT2D eigenvalue weighted by atomic mass is 35.5. The summed E-state index contributed by atoms with van der Waals surface area (Å²) in [4.78, 5) is 18.1. The maximum Gasteiger partial charge on any atom is 0.285 e. The normalized spacial score (nSPS) is 23.9. The predicted molar refractivity (Wildman–Crippen MR) is 112 cm³/mol. The van der Waals surface area contributed by atoms with Gasteiger partial charge in [-0.05, 0) is 30.3 Å². The number of sulfone groups is 1. The number of carbonyl (C=O) groups is 1. The van der Waals surface area contributed by atoms with Gasteiger partial charge in [-0.1, -0.05) is 41.6 Å². The van der Waals surface area contributed by atoms with Gasteiger partial charge in [0.15, 0.2) is 21.6 Å². The summed E-state index contributed by atoms with van der Waals surface area (Å²) in [5, 5.41) is 0.0145. The number of thioether (sulfide) groups is 1. The molecule has 2 aromatic rings. The highest BCUT2D eigenvalue weighted by Crippen LogP contribution is 2.41. The maximum atomic E-state index is 14.0.